The second kappa shape index (κ2) is 8.11. The Morgan fingerprint density at radius 3 is 2.93 bits per heavy atom. The van der Waals surface area contributed by atoms with Crippen LogP contribution in [0.3, 0.4) is 0 Å². The quantitative estimate of drug-likeness (QED) is 0.792. The van der Waals surface area contributed by atoms with Crippen molar-refractivity contribution in [2.45, 2.75) is 18.9 Å². The van der Waals surface area contributed by atoms with Gasteiger partial charge in [-0.3, -0.25) is 14.7 Å². The smallest absolute Gasteiger partial charge is 0.253 e. The summed E-state index contributed by atoms with van der Waals surface area (Å²) in [6, 6.07) is 5.30. The van der Waals surface area contributed by atoms with Crippen LogP contribution >= 0.6 is 0 Å². The number of hydrogen-bond acceptors (Lipinski definition) is 5. The van der Waals surface area contributed by atoms with Crippen LogP contribution < -0.4 is 15.0 Å². The fraction of sp³-hybridized carbons (Fsp3) is 0.421. The average Bonchev–Trinajstić information content (AvgIpc) is 3.16. The molecule has 2 aromatic rings. The van der Waals surface area contributed by atoms with Crippen molar-refractivity contribution in [2.24, 2.45) is 0 Å². The standard InChI is InChI=1S/C19H25N5O3/c1-23(2)19(26)14-4-5-17-16(8-14)24(3)15(12-27-17)9-18(25)20-7-6-13-10-21-22-11-13/h4-5,8,10-11,15H,6-7,9,12H2,1-3H3,(H,20,25)(H,21,22)/t15-/m0/s1. The minimum absolute atomic E-state index is 0.0251. The van der Waals surface area contributed by atoms with E-state index in [4.69, 9.17) is 4.74 Å². The number of aromatic amines is 1. The number of carbonyl (C=O) groups excluding carboxylic acids is 2. The molecule has 27 heavy (non-hydrogen) atoms. The van der Waals surface area contributed by atoms with Gasteiger partial charge in [-0.05, 0) is 30.2 Å². The van der Waals surface area contributed by atoms with Crippen LogP contribution in [0.25, 0.3) is 0 Å². The highest BCUT2D eigenvalue weighted by atomic mass is 16.5. The molecule has 0 bridgehead atoms. The minimum Gasteiger partial charge on any atom is -0.489 e. The SMILES string of the molecule is CN(C)C(=O)c1ccc2c(c1)N(C)[C@@H](CC(=O)NCCc1cn[nH]c1)CO2. The zero-order chi connectivity index (χ0) is 19.4. The minimum atomic E-state index is -0.0869. The summed E-state index contributed by atoms with van der Waals surface area (Å²) in [5.74, 6) is 0.637. The number of benzene rings is 1. The maximum Gasteiger partial charge on any atom is 0.253 e. The number of likely N-dealkylation sites (N-methyl/N-ethyl adjacent to an activating group) is 1. The predicted molar refractivity (Wildman–Crippen MR) is 102 cm³/mol. The summed E-state index contributed by atoms with van der Waals surface area (Å²) in [7, 11) is 5.37. The lowest BCUT2D eigenvalue weighted by Crippen LogP contribution is -2.44. The van der Waals surface area contributed by atoms with E-state index in [1.165, 1.54) is 4.90 Å². The van der Waals surface area contributed by atoms with Crippen LogP contribution in [0, 0.1) is 0 Å². The molecule has 1 aliphatic rings. The zero-order valence-corrected chi connectivity index (χ0v) is 15.9. The van der Waals surface area contributed by atoms with Crippen LogP contribution in [-0.2, 0) is 11.2 Å². The van der Waals surface area contributed by atoms with E-state index in [0.29, 0.717) is 25.1 Å². The maximum atomic E-state index is 12.3. The summed E-state index contributed by atoms with van der Waals surface area (Å²) in [6.45, 7) is 0.993. The number of nitrogens with one attached hydrogen (secondary N) is 2. The van der Waals surface area contributed by atoms with Gasteiger partial charge in [0.2, 0.25) is 5.91 Å². The van der Waals surface area contributed by atoms with E-state index in [0.717, 1.165) is 23.4 Å². The van der Waals surface area contributed by atoms with Crippen LogP contribution in [0.5, 0.6) is 5.75 Å². The van der Waals surface area contributed by atoms with Gasteiger partial charge in [-0.25, -0.2) is 0 Å². The third-order valence-corrected chi connectivity index (χ3v) is 4.68. The molecular weight excluding hydrogens is 346 g/mol. The molecule has 0 spiro atoms. The van der Waals surface area contributed by atoms with Crippen molar-refractivity contribution in [2.75, 3.05) is 39.2 Å². The van der Waals surface area contributed by atoms with Gasteiger partial charge >= 0.3 is 0 Å². The summed E-state index contributed by atoms with van der Waals surface area (Å²) < 4.78 is 5.81. The van der Waals surface area contributed by atoms with Gasteiger partial charge in [0.1, 0.15) is 12.4 Å². The Labute approximate surface area is 158 Å². The molecule has 3 rings (SSSR count). The van der Waals surface area contributed by atoms with Gasteiger partial charge in [0.25, 0.3) is 5.91 Å². The van der Waals surface area contributed by atoms with Crippen molar-refractivity contribution in [1.82, 2.24) is 20.4 Å². The third kappa shape index (κ3) is 4.39. The number of aromatic nitrogens is 2. The molecule has 2 heterocycles. The van der Waals surface area contributed by atoms with Gasteiger partial charge in [0.15, 0.2) is 0 Å². The van der Waals surface area contributed by atoms with Crippen molar-refractivity contribution in [3.8, 4) is 5.75 Å². The van der Waals surface area contributed by atoms with Gasteiger partial charge in [-0.1, -0.05) is 0 Å². The first-order valence-corrected chi connectivity index (χ1v) is 8.91. The Bertz CT molecular complexity index is 804. The van der Waals surface area contributed by atoms with Gasteiger partial charge in [-0.15, -0.1) is 0 Å². The van der Waals surface area contributed by atoms with Crippen molar-refractivity contribution in [3.63, 3.8) is 0 Å². The third-order valence-electron chi connectivity index (χ3n) is 4.68. The number of fused-ring (bicyclic) bond motifs is 1. The van der Waals surface area contributed by atoms with Crippen molar-refractivity contribution < 1.29 is 14.3 Å². The molecule has 0 saturated heterocycles. The van der Waals surface area contributed by atoms with Gasteiger partial charge < -0.3 is 19.9 Å². The van der Waals surface area contributed by atoms with Crippen LogP contribution in [0.15, 0.2) is 30.6 Å². The van der Waals surface area contributed by atoms with Crippen LogP contribution in [-0.4, -0.2) is 67.2 Å². The summed E-state index contributed by atoms with van der Waals surface area (Å²) in [5, 5.41) is 9.58. The van der Waals surface area contributed by atoms with Crippen LogP contribution in [0.2, 0.25) is 0 Å². The fourth-order valence-electron chi connectivity index (χ4n) is 3.04. The number of H-pyrrole nitrogens is 1. The fourth-order valence-corrected chi connectivity index (χ4v) is 3.04. The van der Waals surface area contributed by atoms with E-state index < -0.39 is 0 Å². The molecule has 1 aromatic heterocycles. The second-order valence-corrected chi connectivity index (χ2v) is 6.87. The molecule has 0 aliphatic carbocycles. The molecule has 8 nitrogen and oxygen atoms in total. The largest absolute Gasteiger partial charge is 0.489 e. The predicted octanol–water partition coefficient (Wildman–Crippen LogP) is 1.06. The number of anilines is 1. The van der Waals surface area contributed by atoms with Gasteiger partial charge in [0.05, 0.1) is 24.3 Å². The van der Waals surface area contributed by atoms with Crippen LogP contribution in [0.4, 0.5) is 5.69 Å². The van der Waals surface area contributed by atoms with Gasteiger partial charge in [-0.2, -0.15) is 5.10 Å². The lowest BCUT2D eigenvalue weighted by atomic mass is 10.1. The number of carbonyl (C=O) groups is 2. The molecule has 1 atom stereocenters. The Balaban J connectivity index is 1.60. The van der Waals surface area contributed by atoms with Gasteiger partial charge in [0, 0.05) is 39.4 Å². The molecule has 144 valence electrons. The Morgan fingerprint density at radius 2 is 2.22 bits per heavy atom. The highest BCUT2D eigenvalue weighted by Crippen LogP contribution is 2.34. The summed E-state index contributed by atoms with van der Waals surface area (Å²) in [5.41, 5.74) is 2.48. The number of amides is 2. The Hall–Kier alpha value is -3.03. The first kappa shape index (κ1) is 18.8. The molecule has 0 saturated carbocycles. The topological polar surface area (TPSA) is 90.6 Å². The lowest BCUT2D eigenvalue weighted by molar-refractivity contribution is -0.121. The van der Waals surface area contributed by atoms with E-state index in [-0.39, 0.29) is 17.9 Å². The highest BCUT2D eigenvalue weighted by molar-refractivity contribution is 5.95. The summed E-state index contributed by atoms with van der Waals surface area (Å²) in [6.07, 6.45) is 4.63. The first-order valence-electron chi connectivity index (χ1n) is 8.91. The molecule has 2 amide bonds. The Kier molecular flexibility index (Phi) is 5.63. The lowest BCUT2D eigenvalue weighted by Gasteiger charge is -2.35. The summed E-state index contributed by atoms with van der Waals surface area (Å²) >= 11 is 0. The number of rotatable bonds is 6. The number of hydrogen-bond donors (Lipinski definition) is 2. The molecule has 1 aromatic carbocycles. The summed E-state index contributed by atoms with van der Waals surface area (Å²) in [4.78, 5) is 28.0. The number of nitrogens with zero attached hydrogens (tertiary/aromatic N) is 3. The molecule has 2 N–H and O–H groups in total. The Morgan fingerprint density at radius 1 is 1.41 bits per heavy atom. The number of ether oxygens (including phenoxy) is 1. The maximum absolute atomic E-state index is 12.3. The van der Waals surface area contributed by atoms with Crippen molar-refractivity contribution in [1.29, 1.82) is 0 Å². The first-order chi connectivity index (χ1) is 13.0. The monoisotopic (exact) mass is 371 g/mol. The van der Waals surface area contributed by atoms with E-state index in [9.17, 15) is 9.59 Å². The molecule has 0 radical (unpaired) electrons. The van der Waals surface area contributed by atoms with E-state index in [1.54, 1.807) is 26.4 Å². The molecule has 0 unspecified atom stereocenters. The molecule has 0 fully saturated rings. The highest BCUT2D eigenvalue weighted by Gasteiger charge is 2.27. The second-order valence-electron chi connectivity index (χ2n) is 6.87. The van der Waals surface area contributed by atoms with Crippen molar-refractivity contribution >= 4 is 17.5 Å². The van der Waals surface area contributed by atoms with E-state index in [1.807, 2.05) is 30.3 Å². The molecular formula is C19H25N5O3. The zero-order valence-electron chi connectivity index (χ0n) is 15.9. The molecule has 1 aliphatic heterocycles. The van der Waals surface area contributed by atoms with E-state index >= 15 is 0 Å². The normalized spacial score (nSPS) is 15.7. The van der Waals surface area contributed by atoms with E-state index in [2.05, 4.69) is 15.5 Å². The van der Waals surface area contributed by atoms with Crippen molar-refractivity contribution in [3.05, 3.63) is 41.7 Å². The average molecular weight is 371 g/mol. The molecule has 8 heteroatoms. The van der Waals surface area contributed by atoms with Crippen LogP contribution in [0.1, 0.15) is 22.3 Å².